The third-order valence-corrected chi connectivity index (χ3v) is 3.37. The van der Waals surface area contributed by atoms with Gasteiger partial charge in [-0.15, -0.1) is 0 Å². The monoisotopic (exact) mass is 340 g/mol. The van der Waals surface area contributed by atoms with Crippen LogP contribution in [0.5, 0.6) is 0 Å². The molecule has 0 aliphatic rings. The Kier molecular flexibility index (Phi) is 6.11. The Morgan fingerprint density at radius 1 is 0.880 bits per heavy atom. The Hall–Kier alpha value is -3.35. The van der Waals surface area contributed by atoms with Gasteiger partial charge in [0.1, 0.15) is 0 Å². The molecule has 0 spiro atoms. The number of carbonyl (C=O) groups excluding carboxylic acids is 3. The number of rotatable bonds is 7. The zero-order valence-corrected chi connectivity index (χ0v) is 13.8. The number of nitrogens with two attached hydrogens (primary N) is 1. The molecule has 0 aliphatic heterocycles. The minimum absolute atomic E-state index is 0.0382. The van der Waals surface area contributed by atoms with E-state index in [1.807, 2.05) is 0 Å². The van der Waals surface area contributed by atoms with Crippen molar-refractivity contribution in [1.82, 2.24) is 0 Å². The van der Waals surface area contributed by atoms with E-state index in [1.54, 1.807) is 55.5 Å². The molecular formula is C18H20N4O3. The molecule has 0 unspecified atom stereocenters. The zero-order valence-electron chi connectivity index (χ0n) is 13.8. The van der Waals surface area contributed by atoms with Gasteiger partial charge in [-0.05, 0) is 42.5 Å². The zero-order chi connectivity index (χ0) is 18.2. The van der Waals surface area contributed by atoms with Crippen LogP contribution in [0, 0.1) is 0 Å². The van der Waals surface area contributed by atoms with E-state index in [0.29, 0.717) is 29.0 Å². The molecule has 0 saturated heterocycles. The molecule has 0 aliphatic carbocycles. The highest BCUT2D eigenvalue weighted by Crippen LogP contribution is 2.14. The topological polar surface area (TPSA) is 113 Å². The van der Waals surface area contributed by atoms with Crippen molar-refractivity contribution >= 4 is 34.8 Å². The average molecular weight is 340 g/mol. The maximum Gasteiger partial charge on any atom is 0.248 e. The van der Waals surface area contributed by atoms with E-state index in [2.05, 4.69) is 16.0 Å². The maximum absolute atomic E-state index is 12.0. The molecule has 2 rings (SSSR count). The quantitative estimate of drug-likeness (QED) is 0.618. The molecule has 0 aromatic heterocycles. The van der Waals surface area contributed by atoms with Crippen molar-refractivity contribution in [3.8, 4) is 0 Å². The molecule has 25 heavy (non-hydrogen) atoms. The van der Waals surface area contributed by atoms with Crippen molar-refractivity contribution in [2.75, 3.05) is 22.5 Å². The second-order valence-corrected chi connectivity index (χ2v) is 5.33. The minimum atomic E-state index is -0.525. The first-order valence-electron chi connectivity index (χ1n) is 7.81. The first-order chi connectivity index (χ1) is 12.0. The summed E-state index contributed by atoms with van der Waals surface area (Å²) in [5.41, 5.74) is 7.51. The lowest BCUT2D eigenvalue weighted by Crippen LogP contribution is -2.22. The normalized spacial score (nSPS) is 9.96. The Labute approximate surface area is 145 Å². The molecule has 0 fully saturated rings. The van der Waals surface area contributed by atoms with Crippen LogP contribution in [0.15, 0.2) is 48.5 Å². The summed E-state index contributed by atoms with van der Waals surface area (Å²) in [6.45, 7) is 1.81. The Balaban J connectivity index is 1.87. The Morgan fingerprint density at radius 2 is 1.48 bits per heavy atom. The van der Waals surface area contributed by atoms with Crippen molar-refractivity contribution in [1.29, 1.82) is 0 Å². The lowest BCUT2D eigenvalue weighted by molar-refractivity contribution is -0.116. The van der Waals surface area contributed by atoms with Crippen molar-refractivity contribution in [2.45, 2.75) is 13.3 Å². The average Bonchev–Trinajstić information content (AvgIpc) is 2.61. The molecule has 5 N–H and O–H groups in total. The van der Waals surface area contributed by atoms with Gasteiger partial charge in [-0.2, -0.15) is 0 Å². The van der Waals surface area contributed by atoms with Gasteiger partial charge < -0.3 is 21.7 Å². The van der Waals surface area contributed by atoms with Gasteiger partial charge in [0, 0.05) is 29.0 Å². The molecule has 2 aromatic carbocycles. The van der Waals surface area contributed by atoms with E-state index in [0.717, 1.165) is 0 Å². The van der Waals surface area contributed by atoms with Crippen LogP contribution in [-0.4, -0.2) is 24.3 Å². The molecule has 0 radical (unpaired) electrons. The largest absolute Gasteiger partial charge is 0.376 e. The summed E-state index contributed by atoms with van der Waals surface area (Å²) in [5.74, 6) is -0.836. The molecule has 130 valence electrons. The number of carbonyl (C=O) groups is 3. The van der Waals surface area contributed by atoms with E-state index in [1.165, 1.54) is 0 Å². The molecule has 0 saturated carbocycles. The van der Waals surface area contributed by atoms with Gasteiger partial charge in [0.2, 0.25) is 17.7 Å². The van der Waals surface area contributed by atoms with Crippen LogP contribution in [-0.2, 0) is 9.59 Å². The number of benzene rings is 2. The highest BCUT2D eigenvalue weighted by atomic mass is 16.2. The van der Waals surface area contributed by atoms with E-state index in [-0.39, 0.29) is 18.4 Å². The second-order valence-electron chi connectivity index (χ2n) is 5.33. The van der Waals surface area contributed by atoms with Gasteiger partial charge in [-0.1, -0.05) is 13.0 Å². The smallest absolute Gasteiger partial charge is 0.248 e. The summed E-state index contributed by atoms with van der Waals surface area (Å²) in [6.07, 6.45) is 0.404. The van der Waals surface area contributed by atoms with Crippen molar-refractivity contribution in [2.24, 2.45) is 5.73 Å². The van der Waals surface area contributed by atoms with E-state index < -0.39 is 5.91 Å². The molecule has 0 heterocycles. The number of hydrogen-bond acceptors (Lipinski definition) is 4. The summed E-state index contributed by atoms with van der Waals surface area (Å²) in [5, 5.41) is 8.40. The van der Waals surface area contributed by atoms with Crippen LogP contribution in [0.2, 0.25) is 0 Å². The van der Waals surface area contributed by atoms with E-state index >= 15 is 0 Å². The van der Waals surface area contributed by atoms with Gasteiger partial charge in [0.25, 0.3) is 0 Å². The SMILES string of the molecule is CCC(=O)Nc1ccc(NC(=O)CNc2cccc(C(N)=O)c2)cc1. The first-order valence-corrected chi connectivity index (χ1v) is 7.81. The highest BCUT2D eigenvalue weighted by Gasteiger charge is 2.05. The summed E-state index contributed by atoms with van der Waals surface area (Å²) >= 11 is 0. The van der Waals surface area contributed by atoms with Gasteiger partial charge in [-0.25, -0.2) is 0 Å². The van der Waals surface area contributed by atoms with Gasteiger partial charge in [0.05, 0.1) is 6.54 Å². The fraction of sp³-hybridized carbons (Fsp3) is 0.167. The van der Waals surface area contributed by atoms with Crippen LogP contribution in [0.1, 0.15) is 23.7 Å². The predicted molar refractivity (Wildman–Crippen MR) is 97.4 cm³/mol. The number of amides is 3. The summed E-state index contributed by atoms with van der Waals surface area (Å²) in [6, 6.07) is 13.5. The molecule has 2 aromatic rings. The molecule has 0 atom stereocenters. The van der Waals surface area contributed by atoms with Crippen LogP contribution >= 0.6 is 0 Å². The summed E-state index contributed by atoms with van der Waals surface area (Å²) < 4.78 is 0. The number of hydrogen-bond donors (Lipinski definition) is 4. The molecule has 3 amide bonds. The van der Waals surface area contributed by atoms with Crippen LogP contribution in [0.4, 0.5) is 17.1 Å². The van der Waals surface area contributed by atoms with E-state index in [4.69, 9.17) is 5.73 Å². The van der Waals surface area contributed by atoms with Gasteiger partial charge >= 0.3 is 0 Å². The van der Waals surface area contributed by atoms with Crippen molar-refractivity contribution in [3.63, 3.8) is 0 Å². The fourth-order valence-electron chi connectivity index (χ4n) is 2.06. The molecule has 0 bridgehead atoms. The third-order valence-electron chi connectivity index (χ3n) is 3.37. The van der Waals surface area contributed by atoms with E-state index in [9.17, 15) is 14.4 Å². The standard InChI is InChI=1S/C18H20N4O3/c1-2-16(23)21-13-6-8-14(9-7-13)22-17(24)11-20-15-5-3-4-12(10-15)18(19)25/h3-10,20H,2,11H2,1H3,(H2,19,25)(H,21,23)(H,22,24). The second kappa shape index (κ2) is 8.49. The predicted octanol–water partition coefficient (Wildman–Crippen LogP) is 2.18. The number of nitrogens with one attached hydrogen (secondary N) is 3. The molecule has 7 heteroatoms. The van der Waals surface area contributed by atoms with Crippen LogP contribution < -0.4 is 21.7 Å². The molecule has 7 nitrogen and oxygen atoms in total. The summed E-state index contributed by atoms with van der Waals surface area (Å²) in [4.78, 5) is 34.4. The van der Waals surface area contributed by atoms with Gasteiger partial charge in [0.15, 0.2) is 0 Å². The Bertz CT molecular complexity index is 772. The summed E-state index contributed by atoms with van der Waals surface area (Å²) in [7, 11) is 0. The third kappa shape index (κ3) is 5.65. The lowest BCUT2D eigenvalue weighted by atomic mass is 10.2. The van der Waals surface area contributed by atoms with Crippen molar-refractivity contribution < 1.29 is 14.4 Å². The minimum Gasteiger partial charge on any atom is -0.376 e. The Morgan fingerprint density at radius 3 is 2.04 bits per heavy atom. The van der Waals surface area contributed by atoms with Crippen LogP contribution in [0.25, 0.3) is 0 Å². The first kappa shape index (κ1) is 18.0. The molecular weight excluding hydrogens is 320 g/mol. The fourth-order valence-corrected chi connectivity index (χ4v) is 2.06. The van der Waals surface area contributed by atoms with Crippen LogP contribution in [0.3, 0.4) is 0 Å². The lowest BCUT2D eigenvalue weighted by Gasteiger charge is -2.09. The maximum atomic E-state index is 12.0. The number of primary amides is 1. The highest BCUT2D eigenvalue weighted by molar-refractivity contribution is 5.96. The van der Waals surface area contributed by atoms with Gasteiger partial charge in [-0.3, -0.25) is 14.4 Å². The number of anilines is 3. The van der Waals surface area contributed by atoms with Crippen molar-refractivity contribution in [3.05, 3.63) is 54.1 Å².